The average molecular weight is 319 g/mol. The van der Waals surface area contributed by atoms with E-state index < -0.39 is 11.6 Å². The van der Waals surface area contributed by atoms with Crippen LogP contribution in [0.15, 0.2) is 18.2 Å². The molecule has 0 bridgehead atoms. The molecule has 0 heterocycles. The zero-order chi connectivity index (χ0) is 13.0. The summed E-state index contributed by atoms with van der Waals surface area (Å²) < 4.78 is 32.0. The molecule has 1 fully saturated rings. The van der Waals surface area contributed by atoms with E-state index in [1.165, 1.54) is 19.3 Å². The largest absolute Gasteiger partial charge is 0.490 e. The highest BCUT2D eigenvalue weighted by atomic mass is 79.9. The van der Waals surface area contributed by atoms with Crippen LogP contribution in [0.3, 0.4) is 0 Å². The summed E-state index contributed by atoms with van der Waals surface area (Å²) in [4.78, 5) is 0. The van der Waals surface area contributed by atoms with E-state index in [1.807, 2.05) is 0 Å². The topological polar surface area (TPSA) is 9.23 Å². The van der Waals surface area contributed by atoms with Gasteiger partial charge >= 0.3 is 0 Å². The molecule has 4 heteroatoms. The first-order chi connectivity index (χ1) is 8.65. The van der Waals surface area contributed by atoms with E-state index in [2.05, 4.69) is 15.9 Å². The molecule has 0 unspecified atom stereocenters. The Bertz CT molecular complexity index is 403. The molecular formula is C14H17BrF2O. The molecule has 0 radical (unpaired) electrons. The lowest BCUT2D eigenvalue weighted by atomic mass is 9.76. The van der Waals surface area contributed by atoms with Gasteiger partial charge in [-0.05, 0) is 25.0 Å². The van der Waals surface area contributed by atoms with Crippen LogP contribution in [-0.2, 0) is 0 Å². The number of rotatable bonds is 4. The highest BCUT2D eigenvalue weighted by molar-refractivity contribution is 9.09. The minimum Gasteiger partial charge on any atom is -0.490 e. The standard InChI is InChI=1S/C14H17BrF2O/c15-9-14(6-2-1-3-7-14)10-18-13-8-11(16)4-5-12(13)17/h4-5,8H,1-3,6-7,9-10H2. The normalized spacial score (nSPS) is 18.6. The lowest BCUT2D eigenvalue weighted by molar-refractivity contribution is 0.118. The van der Waals surface area contributed by atoms with Gasteiger partial charge in [-0.15, -0.1) is 0 Å². The molecule has 1 aromatic rings. The van der Waals surface area contributed by atoms with Crippen LogP contribution in [0, 0.1) is 17.0 Å². The van der Waals surface area contributed by atoms with Gasteiger partial charge in [0.2, 0.25) is 0 Å². The van der Waals surface area contributed by atoms with Crippen molar-refractivity contribution >= 4 is 15.9 Å². The first kappa shape index (κ1) is 13.8. The van der Waals surface area contributed by atoms with Gasteiger partial charge in [0.05, 0.1) is 6.61 Å². The summed E-state index contributed by atoms with van der Waals surface area (Å²) in [5, 5.41) is 0.844. The smallest absolute Gasteiger partial charge is 0.165 e. The Balaban J connectivity index is 2.03. The van der Waals surface area contributed by atoms with Crippen molar-refractivity contribution in [1.29, 1.82) is 0 Å². The van der Waals surface area contributed by atoms with E-state index in [-0.39, 0.29) is 11.2 Å². The number of hydrogen-bond donors (Lipinski definition) is 0. The van der Waals surface area contributed by atoms with Gasteiger partial charge in [0.25, 0.3) is 0 Å². The van der Waals surface area contributed by atoms with Crippen molar-refractivity contribution in [3.63, 3.8) is 0 Å². The van der Waals surface area contributed by atoms with E-state index in [0.29, 0.717) is 6.61 Å². The Morgan fingerprint density at radius 2 is 1.89 bits per heavy atom. The van der Waals surface area contributed by atoms with Crippen LogP contribution in [0.25, 0.3) is 0 Å². The van der Waals surface area contributed by atoms with Crippen molar-refractivity contribution in [3.8, 4) is 5.75 Å². The fourth-order valence-corrected chi connectivity index (χ4v) is 3.16. The zero-order valence-electron chi connectivity index (χ0n) is 10.2. The van der Waals surface area contributed by atoms with Gasteiger partial charge in [0.1, 0.15) is 5.82 Å². The summed E-state index contributed by atoms with van der Waals surface area (Å²) >= 11 is 3.53. The minimum absolute atomic E-state index is 0.0147. The summed E-state index contributed by atoms with van der Waals surface area (Å²) in [6, 6.07) is 3.31. The molecular weight excluding hydrogens is 302 g/mol. The third-order valence-corrected chi connectivity index (χ3v) is 4.81. The molecule has 2 rings (SSSR count). The van der Waals surface area contributed by atoms with Crippen LogP contribution in [-0.4, -0.2) is 11.9 Å². The highest BCUT2D eigenvalue weighted by Gasteiger charge is 2.32. The van der Waals surface area contributed by atoms with E-state index in [0.717, 1.165) is 36.4 Å². The number of ether oxygens (including phenoxy) is 1. The molecule has 1 saturated carbocycles. The first-order valence-corrected chi connectivity index (χ1v) is 7.41. The molecule has 0 aliphatic heterocycles. The predicted octanol–water partition coefficient (Wildman–Crippen LogP) is 4.69. The molecule has 0 N–H and O–H groups in total. The number of benzene rings is 1. The van der Waals surface area contributed by atoms with Crippen molar-refractivity contribution < 1.29 is 13.5 Å². The Kier molecular flexibility index (Phi) is 4.60. The molecule has 1 aromatic carbocycles. The van der Waals surface area contributed by atoms with Gasteiger partial charge < -0.3 is 4.74 Å². The third kappa shape index (κ3) is 3.22. The molecule has 0 atom stereocenters. The summed E-state index contributed by atoms with van der Waals surface area (Å²) in [5.74, 6) is -0.958. The molecule has 18 heavy (non-hydrogen) atoms. The first-order valence-electron chi connectivity index (χ1n) is 6.29. The van der Waals surface area contributed by atoms with Crippen molar-refractivity contribution in [2.24, 2.45) is 5.41 Å². The van der Waals surface area contributed by atoms with Gasteiger partial charge in [-0.25, -0.2) is 8.78 Å². The second-order valence-electron chi connectivity index (χ2n) is 5.06. The quantitative estimate of drug-likeness (QED) is 0.732. The Morgan fingerprint density at radius 1 is 1.17 bits per heavy atom. The van der Waals surface area contributed by atoms with E-state index >= 15 is 0 Å². The summed E-state index contributed by atoms with van der Waals surface area (Å²) in [5.41, 5.74) is 0.0665. The Labute approximate surface area is 115 Å². The summed E-state index contributed by atoms with van der Waals surface area (Å²) in [6.45, 7) is 0.443. The summed E-state index contributed by atoms with van der Waals surface area (Å²) in [6.07, 6.45) is 5.77. The van der Waals surface area contributed by atoms with Gasteiger partial charge in [0.15, 0.2) is 11.6 Å². The maximum Gasteiger partial charge on any atom is 0.165 e. The van der Waals surface area contributed by atoms with E-state index in [1.54, 1.807) is 0 Å². The zero-order valence-corrected chi connectivity index (χ0v) is 11.8. The van der Waals surface area contributed by atoms with Crippen LogP contribution in [0.1, 0.15) is 32.1 Å². The molecule has 0 spiro atoms. The van der Waals surface area contributed by atoms with Gasteiger partial charge in [0, 0.05) is 16.8 Å². The maximum absolute atomic E-state index is 13.4. The van der Waals surface area contributed by atoms with E-state index in [9.17, 15) is 8.78 Å². The van der Waals surface area contributed by atoms with Crippen LogP contribution in [0.5, 0.6) is 5.75 Å². The van der Waals surface area contributed by atoms with Crippen molar-refractivity contribution in [3.05, 3.63) is 29.8 Å². The molecule has 0 amide bonds. The van der Waals surface area contributed by atoms with Crippen LogP contribution >= 0.6 is 15.9 Å². The molecule has 1 nitrogen and oxygen atoms in total. The van der Waals surface area contributed by atoms with E-state index in [4.69, 9.17) is 4.74 Å². The molecule has 1 aliphatic rings. The molecule has 0 aromatic heterocycles. The molecule has 100 valence electrons. The van der Waals surface area contributed by atoms with Crippen molar-refractivity contribution in [1.82, 2.24) is 0 Å². The van der Waals surface area contributed by atoms with Crippen LogP contribution in [0.2, 0.25) is 0 Å². The van der Waals surface area contributed by atoms with Crippen molar-refractivity contribution in [2.75, 3.05) is 11.9 Å². The maximum atomic E-state index is 13.4. The summed E-state index contributed by atoms with van der Waals surface area (Å²) in [7, 11) is 0. The molecule has 1 aliphatic carbocycles. The SMILES string of the molecule is Fc1ccc(F)c(OCC2(CBr)CCCCC2)c1. The Hall–Kier alpha value is -0.640. The van der Waals surface area contributed by atoms with Gasteiger partial charge in [-0.1, -0.05) is 35.2 Å². The molecule has 0 saturated heterocycles. The van der Waals surface area contributed by atoms with Crippen molar-refractivity contribution in [2.45, 2.75) is 32.1 Å². The monoisotopic (exact) mass is 318 g/mol. The third-order valence-electron chi connectivity index (χ3n) is 3.62. The fraction of sp³-hybridized carbons (Fsp3) is 0.571. The van der Waals surface area contributed by atoms with Gasteiger partial charge in [-0.3, -0.25) is 0 Å². The Morgan fingerprint density at radius 3 is 2.56 bits per heavy atom. The van der Waals surface area contributed by atoms with Crippen LogP contribution in [0.4, 0.5) is 8.78 Å². The predicted molar refractivity (Wildman–Crippen MR) is 71.2 cm³/mol. The highest BCUT2D eigenvalue weighted by Crippen LogP contribution is 2.38. The lowest BCUT2D eigenvalue weighted by Gasteiger charge is -2.35. The number of hydrogen-bond acceptors (Lipinski definition) is 1. The second kappa shape index (κ2) is 6.00. The fourth-order valence-electron chi connectivity index (χ4n) is 2.44. The number of alkyl halides is 1. The second-order valence-corrected chi connectivity index (χ2v) is 5.62. The lowest BCUT2D eigenvalue weighted by Crippen LogP contribution is -2.32. The number of halogens is 3. The average Bonchev–Trinajstić information content (AvgIpc) is 2.41. The minimum atomic E-state index is -0.503. The van der Waals surface area contributed by atoms with Crippen LogP contribution < -0.4 is 4.74 Å². The van der Waals surface area contributed by atoms with Gasteiger partial charge in [-0.2, -0.15) is 0 Å².